The van der Waals surface area contributed by atoms with Crippen LogP contribution in [0.4, 0.5) is 10.1 Å². The lowest BCUT2D eigenvalue weighted by Crippen LogP contribution is -2.36. The van der Waals surface area contributed by atoms with Crippen LogP contribution < -0.4 is 4.90 Å². The third-order valence-corrected chi connectivity index (χ3v) is 7.20. The molecule has 38 heavy (non-hydrogen) atoms. The molecule has 0 bridgehead atoms. The number of aryl methyl sites for hydroxylation is 1. The molecule has 0 saturated heterocycles. The SMILES string of the molecule is CC(C)CC(=O)N1CCCCCCCN(C(=O)CCc2ccc(-c3ccc(F)cc3)[nH]2)Cc2ccccc21. The minimum Gasteiger partial charge on any atom is -0.358 e. The van der Waals surface area contributed by atoms with Crippen molar-refractivity contribution >= 4 is 17.5 Å². The normalized spacial score (nSPS) is 15.1. The highest BCUT2D eigenvalue weighted by atomic mass is 19.1. The molecule has 5 nitrogen and oxygen atoms in total. The standard InChI is InChI=1S/C32H40FN3O2/c1-24(2)22-32(38)36-21-9-5-3-4-8-20-35(23-26-10-6-7-11-30(26)36)31(37)19-17-28-16-18-29(34-28)25-12-14-27(33)15-13-25/h6-7,10-16,18,24,34H,3-5,8-9,17,19-23H2,1-2H3. The van der Waals surface area contributed by atoms with Crippen LogP contribution in [0.1, 0.15) is 70.1 Å². The Morgan fingerprint density at radius 2 is 1.58 bits per heavy atom. The third kappa shape index (κ3) is 7.56. The molecule has 4 rings (SSSR count). The number of hydrogen-bond acceptors (Lipinski definition) is 2. The molecule has 1 aromatic heterocycles. The maximum absolute atomic E-state index is 13.5. The first-order chi connectivity index (χ1) is 18.4. The van der Waals surface area contributed by atoms with Crippen molar-refractivity contribution in [3.05, 3.63) is 77.7 Å². The molecule has 3 aromatic rings. The summed E-state index contributed by atoms with van der Waals surface area (Å²) in [5.74, 6) is 0.317. The van der Waals surface area contributed by atoms with Crippen LogP contribution in [0.25, 0.3) is 11.3 Å². The Morgan fingerprint density at radius 3 is 2.34 bits per heavy atom. The zero-order chi connectivity index (χ0) is 26.9. The number of aromatic amines is 1. The van der Waals surface area contributed by atoms with Crippen molar-refractivity contribution in [2.75, 3.05) is 18.0 Å². The van der Waals surface area contributed by atoms with E-state index in [-0.39, 0.29) is 17.6 Å². The van der Waals surface area contributed by atoms with E-state index in [2.05, 4.69) is 24.9 Å². The molecule has 0 spiro atoms. The second kappa shape index (κ2) is 13.4. The van der Waals surface area contributed by atoms with Crippen LogP contribution >= 0.6 is 0 Å². The number of amides is 2. The number of aromatic nitrogens is 1. The molecule has 202 valence electrons. The molecule has 6 heteroatoms. The second-order valence-electron chi connectivity index (χ2n) is 10.8. The highest BCUT2D eigenvalue weighted by Crippen LogP contribution is 2.26. The Balaban J connectivity index is 1.48. The van der Waals surface area contributed by atoms with E-state index in [1.807, 2.05) is 40.1 Å². The number of nitrogens with one attached hydrogen (secondary N) is 1. The van der Waals surface area contributed by atoms with Gasteiger partial charge in [-0.1, -0.05) is 51.3 Å². The van der Waals surface area contributed by atoms with Gasteiger partial charge in [-0.15, -0.1) is 0 Å². The van der Waals surface area contributed by atoms with Crippen molar-refractivity contribution in [1.82, 2.24) is 9.88 Å². The molecule has 2 amide bonds. The number of H-pyrrole nitrogens is 1. The van der Waals surface area contributed by atoms with Gasteiger partial charge >= 0.3 is 0 Å². The van der Waals surface area contributed by atoms with E-state index in [0.717, 1.165) is 73.4 Å². The quantitative estimate of drug-likeness (QED) is 0.378. The summed E-state index contributed by atoms with van der Waals surface area (Å²) in [4.78, 5) is 34.0. The lowest BCUT2D eigenvalue weighted by atomic mass is 10.0. The predicted octanol–water partition coefficient (Wildman–Crippen LogP) is 7.13. The summed E-state index contributed by atoms with van der Waals surface area (Å²) in [6, 6.07) is 18.4. The molecule has 0 saturated carbocycles. The van der Waals surface area contributed by atoms with Crippen LogP contribution in [0, 0.1) is 11.7 Å². The van der Waals surface area contributed by atoms with E-state index in [0.29, 0.717) is 31.7 Å². The fourth-order valence-electron chi connectivity index (χ4n) is 5.13. The Morgan fingerprint density at radius 1 is 0.868 bits per heavy atom. The first-order valence-electron chi connectivity index (χ1n) is 14.0. The first kappa shape index (κ1) is 27.6. The number of fused-ring (bicyclic) bond motifs is 1. The van der Waals surface area contributed by atoms with Crippen LogP contribution in [-0.4, -0.2) is 34.8 Å². The van der Waals surface area contributed by atoms with Crippen LogP contribution in [0.2, 0.25) is 0 Å². The summed E-state index contributed by atoms with van der Waals surface area (Å²) in [5, 5.41) is 0. The Kier molecular flexibility index (Phi) is 9.74. The van der Waals surface area contributed by atoms with E-state index in [1.54, 1.807) is 12.1 Å². The van der Waals surface area contributed by atoms with E-state index in [1.165, 1.54) is 12.1 Å². The van der Waals surface area contributed by atoms with Gasteiger partial charge in [0.05, 0.1) is 0 Å². The molecule has 1 N–H and O–H groups in total. The highest BCUT2D eigenvalue weighted by molar-refractivity contribution is 5.94. The highest BCUT2D eigenvalue weighted by Gasteiger charge is 2.22. The van der Waals surface area contributed by atoms with Gasteiger partial charge in [0.2, 0.25) is 11.8 Å². The summed E-state index contributed by atoms with van der Waals surface area (Å²) in [6.07, 6.45) is 6.81. The Bertz CT molecular complexity index is 1200. The number of rotatable bonds is 6. The topological polar surface area (TPSA) is 56.4 Å². The minimum absolute atomic E-state index is 0.120. The number of carbonyl (C=O) groups excluding carboxylic acids is 2. The number of anilines is 1. The zero-order valence-electron chi connectivity index (χ0n) is 22.7. The average molecular weight is 518 g/mol. The Labute approximate surface area is 226 Å². The maximum atomic E-state index is 13.5. The lowest BCUT2D eigenvalue weighted by molar-refractivity contribution is -0.131. The number of nitrogens with zero attached hydrogens (tertiary/aromatic N) is 2. The minimum atomic E-state index is -0.258. The molecule has 0 unspecified atom stereocenters. The van der Waals surface area contributed by atoms with Crippen molar-refractivity contribution in [3.63, 3.8) is 0 Å². The average Bonchev–Trinajstić information content (AvgIpc) is 3.37. The monoisotopic (exact) mass is 517 g/mol. The molecule has 1 aliphatic heterocycles. The summed E-state index contributed by atoms with van der Waals surface area (Å²) < 4.78 is 13.3. The third-order valence-electron chi connectivity index (χ3n) is 7.20. The molecule has 0 atom stereocenters. The van der Waals surface area contributed by atoms with E-state index >= 15 is 0 Å². The molecule has 2 aromatic carbocycles. The summed E-state index contributed by atoms with van der Waals surface area (Å²) >= 11 is 0. The van der Waals surface area contributed by atoms with Gasteiger partial charge in [0.25, 0.3) is 0 Å². The van der Waals surface area contributed by atoms with Gasteiger partial charge in [-0.2, -0.15) is 0 Å². The molecule has 0 fully saturated rings. The molecule has 1 aliphatic rings. The molecule has 0 radical (unpaired) electrons. The van der Waals surface area contributed by atoms with Gasteiger partial charge in [0.1, 0.15) is 5.82 Å². The fraction of sp³-hybridized carbons (Fsp3) is 0.438. The molecular formula is C32H40FN3O2. The number of carbonyl (C=O) groups is 2. The first-order valence-corrected chi connectivity index (χ1v) is 14.0. The molecular weight excluding hydrogens is 477 g/mol. The van der Waals surface area contributed by atoms with Crippen molar-refractivity contribution in [2.24, 2.45) is 5.92 Å². The smallest absolute Gasteiger partial charge is 0.227 e. The van der Waals surface area contributed by atoms with Crippen molar-refractivity contribution in [1.29, 1.82) is 0 Å². The van der Waals surface area contributed by atoms with Gasteiger partial charge in [0, 0.05) is 49.6 Å². The summed E-state index contributed by atoms with van der Waals surface area (Å²) in [5.41, 5.74) is 4.78. The van der Waals surface area contributed by atoms with Gasteiger partial charge < -0.3 is 14.8 Å². The summed E-state index contributed by atoms with van der Waals surface area (Å²) in [6.45, 7) is 6.10. The number of para-hydroxylation sites is 1. The van der Waals surface area contributed by atoms with E-state index < -0.39 is 0 Å². The lowest BCUT2D eigenvalue weighted by Gasteiger charge is -2.30. The maximum Gasteiger partial charge on any atom is 0.227 e. The van der Waals surface area contributed by atoms with Crippen LogP contribution in [0.3, 0.4) is 0 Å². The Hall–Kier alpha value is -3.41. The largest absolute Gasteiger partial charge is 0.358 e. The summed E-state index contributed by atoms with van der Waals surface area (Å²) in [7, 11) is 0. The van der Waals surface area contributed by atoms with Gasteiger partial charge in [-0.3, -0.25) is 9.59 Å². The van der Waals surface area contributed by atoms with Crippen molar-refractivity contribution in [2.45, 2.75) is 71.8 Å². The second-order valence-corrected chi connectivity index (χ2v) is 10.8. The van der Waals surface area contributed by atoms with Gasteiger partial charge in [-0.05, 0) is 78.8 Å². The number of benzene rings is 2. The van der Waals surface area contributed by atoms with Crippen molar-refractivity contribution in [3.8, 4) is 11.3 Å². The van der Waals surface area contributed by atoms with Gasteiger partial charge in [-0.25, -0.2) is 4.39 Å². The van der Waals surface area contributed by atoms with Crippen LogP contribution in [-0.2, 0) is 22.6 Å². The van der Waals surface area contributed by atoms with Crippen LogP contribution in [0.15, 0.2) is 60.7 Å². The zero-order valence-corrected chi connectivity index (χ0v) is 22.7. The van der Waals surface area contributed by atoms with Crippen molar-refractivity contribution < 1.29 is 14.0 Å². The van der Waals surface area contributed by atoms with E-state index in [9.17, 15) is 14.0 Å². The fourth-order valence-corrected chi connectivity index (χ4v) is 5.13. The molecule has 2 heterocycles. The number of halogens is 1. The van der Waals surface area contributed by atoms with E-state index in [4.69, 9.17) is 0 Å². The molecule has 0 aliphatic carbocycles. The van der Waals surface area contributed by atoms with Gasteiger partial charge in [0.15, 0.2) is 0 Å². The predicted molar refractivity (Wildman–Crippen MR) is 151 cm³/mol. The van der Waals surface area contributed by atoms with Crippen LogP contribution in [0.5, 0.6) is 0 Å². The number of hydrogen-bond donors (Lipinski definition) is 1.